The van der Waals surface area contributed by atoms with Crippen molar-refractivity contribution in [3.63, 3.8) is 0 Å². The molecule has 0 heterocycles. The third-order valence-electron chi connectivity index (χ3n) is 3.57. The number of amides is 1. The van der Waals surface area contributed by atoms with Gasteiger partial charge in [0, 0.05) is 17.0 Å². The Kier molecular flexibility index (Phi) is 4.42. The zero-order chi connectivity index (χ0) is 15.6. The lowest BCUT2D eigenvalue weighted by molar-refractivity contribution is -0.383. The number of rotatable bonds is 4. The van der Waals surface area contributed by atoms with Crippen LogP contribution in [0.2, 0.25) is 5.02 Å². The summed E-state index contributed by atoms with van der Waals surface area (Å²) in [5.74, 6) is -2.28. The molecule has 1 saturated carbocycles. The monoisotopic (exact) mass is 312 g/mol. The summed E-state index contributed by atoms with van der Waals surface area (Å²) in [5, 5.41) is 22.5. The average Bonchev–Trinajstić information content (AvgIpc) is 2.90. The summed E-state index contributed by atoms with van der Waals surface area (Å²) in [5.41, 5.74) is -0.225. The molecular formula is C13H13ClN2O5. The topological polar surface area (TPSA) is 110 Å². The van der Waals surface area contributed by atoms with Gasteiger partial charge in [0.05, 0.1) is 10.8 Å². The maximum atomic E-state index is 12.1. The van der Waals surface area contributed by atoms with Crippen LogP contribution in [0.5, 0.6) is 0 Å². The number of nitro groups is 1. The van der Waals surface area contributed by atoms with E-state index < -0.39 is 28.6 Å². The predicted octanol–water partition coefficient (Wildman–Crippen LogP) is 2.69. The zero-order valence-corrected chi connectivity index (χ0v) is 11.7. The van der Waals surface area contributed by atoms with E-state index in [2.05, 4.69) is 5.32 Å². The Bertz CT molecular complexity index is 604. The number of carbonyl (C=O) groups excluding carboxylic acids is 1. The van der Waals surface area contributed by atoms with Crippen molar-refractivity contribution < 1.29 is 19.6 Å². The number of aliphatic carboxylic acids is 1. The molecule has 1 aliphatic rings. The number of hydrogen-bond acceptors (Lipinski definition) is 4. The van der Waals surface area contributed by atoms with E-state index in [1.54, 1.807) is 0 Å². The highest BCUT2D eigenvalue weighted by Gasteiger charge is 2.34. The number of carbonyl (C=O) groups is 2. The van der Waals surface area contributed by atoms with Gasteiger partial charge in [0.25, 0.3) is 5.69 Å². The van der Waals surface area contributed by atoms with Gasteiger partial charge in [-0.2, -0.15) is 0 Å². The van der Waals surface area contributed by atoms with Gasteiger partial charge < -0.3 is 10.4 Å². The van der Waals surface area contributed by atoms with Gasteiger partial charge in [0.1, 0.15) is 5.69 Å². The fraction of sp³-hybridized carbons (Fsp3) is 0.385. The molecule has 1 aromatic carbocycles. The highest BCUT2D eigenvalue weighted by atomic mass is 35.5. The van der Waals surface area contributed by atoms with Crippen LogP contribution in [-0.2, 0) is 9.59 Å². The minimum Gasteiger partial charge on any atom is -0.481 e. The van der Waals surface area contributed by atoms with Crippen LogP contribution in [0.4, 0.5) is 11.4 Å². The molecule has 1 fully saturated rings. The van der Waals surface area contributed by atoms with Gasteiger partial charge in [0.15, 0.2) is 0 Å². The standard InChI is InChI=1S/C13H13ClN2O5/c14-9-3-4-10(11(6-9)16(20)21)15-12(17)7-1-2-8(5-7)13(18)19/h3-4,6-8H,1-2,5H2,(H,15,17)(H,18,19)/t7-,8+/m1/s1. The van der Waals surface area contributed by atoms with E-state index in [1.807, 2.05) is 0 Å². The van der Waals surface area contributed by atoms with Crippen molar-refractivity contribution in [3.8, 4) is 0 Å². The number of hydrogen-bond donors (Lipinski definition) is 2. The van der Waals surface area contributed by atoms with Gasteiger partial charge in [-0.05, 0) is 31.4 Å². The lowest BCUT2D eigenvalue weighted by Crippen LogP contribution is -2.22. The van der Waals surface area contributed by atoms with Crippen LogP contribution >= 0.6 is 11.6 Å². The maximum absolute atomic E-state index is 12.1. The average molecular weight is 313 g/mol. The Morgan fingerprint density at radius 3 is 2.57 bits per heavy atom. The maximum Gasteiger partial charge on any atom is 0.306 e. The van der Waals surface area contributed by atoms with E-state index in [1.165, 1.54) is 12.1 Å². The van der Waals surface area contributed by atoms with Crippen LogP contribution in [0.1, 0.15) is 19.3 Å². The Morgan fingerprint density at radius 1 is 1.33 bits per heavy atom. The molecule has 0 spiro atoms. The molecule has 1 aromatic rings. The second-order valence-corrected chi connectivity index (χ2v) is 5.39. The van der Waals surface area contributed by atoms with E-state index in [9.17, 15) is 19.7 Å². The molecule has 0 aliphatic heterocycles. The van der Waals surface area contributed by atoms with Crippen LogP contribution in [0.25, 0.3) is 0 Å². The van der Waals surface area contributed by atoms with Crippen molar-refractivity contribution in [1.29, 1.82) is 0 Å². The van der Waals surface area contributed by atoms with Crippen LogP contribution in [0.15, 0.2) is 18.2 Å². The van der Waals surface area contributed by atoms with Crippen LogP contribution in [-0.4, -0.2) is 21.9 Å². The van der Waals surface area contributed by atoms with E-state index >= 15 is 0 Å². The number of carboxylic acids is 1. The number of nitro benzene ring substituents is 1. The fourth-order valence-electron chi connectivity index (χ4n) is 2.44. The van der Waals surface area contributed by atoms with Crippen molar-refractivity contribution in [2.75, 3.05) is 5.32 Å². The SMILES string of the molecule is O=C(O)[C@H]1CC[C@@H](C(=O)Nc2ccc(Cl)cc2[N+](=O)[O-])C1. The number of nitrogens with zero attached hydrogens (tertiary/aromatic N) is 1. The van der Waals surface area contributed by atoms with Gasteiger partial charge in [0.2, 0.25) is 5.91 Å². The van der Waals surface area contributed by atoms with E-state index in [0.717, 1.165) is 6.07 Å². The van der Waals surface area contributed by atoms with Gasteiger partial charge in [-0.25, -0.2) is 0 Å². The van der Waals surface area contributed by atoms with E-state index in [-0.39, 0.29) is 22.8 Å². The minimum atomic E-state index is -0.914. The molecule has 0 unspecified atom stereocenters. The summed E-state index contributed by atoms with van der Waals surface area (Å²) in [7, 11) is 0. The molecule has 7 nitrogen and oxygen atoms in total. The summed E-state index contributed by atoms with van der Waals surface area (Å²) in [4.78, 5) is 33.3. The summed E-state index contributed by atoms with van der Waals surface area (Å²) in [6, 6.07) is 3.97. The highest BCUT2D eigenvalue weighted by Crippen LogP contribution is 2.33. The number of benzene rings is 1. The highest BCUT2D eigenvalue weighted by molar-refractivity contribution is 6.31. The van der Waals surface area contributed by atoms with E-state index in [4.69, 9.17) is 16.7 Å². The number of carboxylic acid groups (broad SMARTS) is 1. The second kappa shape index (κ2) is 6.09. The van der Waals surface area contributed by atoms with Crippen molar-refractivity contribution in [1.82, 2.24) is 0 Å². The summed E-state index contributed by atoms with van der Waals surface area (Å²) >= 11 is 5.70. The Labute approximate surface area is 125 Å². The first-order valence-corrected chi connectivity index (χ1v) is 6.74. The van der Waals surface area contributed by atoms with Crippen molar-refractivity contribution in [2.45, 2.75) is 19.3 Å². The first kappa shape index (κ1) is 15.2. The molecule has 1 amide bonds. The predicted molar refractivity (Wildman–Crippen MR) is 75.2 cm³/mol. The van der Waals surface area contributed by atoms with Crippen molar-refractivity contribution in [3.05, 3.63) is 33.3 Å². The Hall–Kier alpha value is -2.15. The smallest absolute Gasteiger partial charge is 0.306 e. The number of nitrogens with one attached hydrogen (secondary N) is 1. The molecule has 0 aromatic heterocycles. The van der Waals surface area contributed by atoms with Crippen molar-refractivity contribution >= 4 is 34.9 Å². The quantitative estimate of drug-likeness (QED) is 0.656. The summed E-state index contributed by atoms with van der Waals surface area (Å²) in [6.07, 6.45) is 1.16. The molecule has 2 N–H and O–H groups in total. The molecule has 0 saturated heterocycles. The van der Waals surface area contributed by atoms with Crippen LogP contribution in [0, 0.1) is 22.0 Å². The molecule has 112 valence electrons. The third kappa shape index (κ3) is 3.49. The first-order chi connectivity index (χ1) is 9.88. The van der Waals surface area contributed by atoms with Gasteiger partial charge in [-0.15, -0.1) is 0 Å². The normalized spacial score (nSPS) is 21.0. The number of anilines is 1. The Morgan fingerprint density at radius 2 is 2.00 bits per heavy atom. The van der Waals surface area contributed by atoms with Gasteiger partial charge in [-0.3, -0.25) is 19.7 Å². The third-order valence-corrected chi connectivity index (χ3v) is 3.80. The lowest BCUT2D eigenvalue weighted by Gasteiger charge is -2.11. The lowest BCUT2D eigenvalue weighted by atomic mass is 10.0. The minimum absolute atomic E-state index is 0.0631. The Balaban J connectivity index is 2.10. The summed E-state index contributed by atoms with van der Waals surface area (Å²) in [6.45, 7) is 0. The largest absolute Gasteiger partial charge is 0.481 e. The molecule has 0 bridgehead atoms. The molecule has 1 aliphatic carbocycles. The molecule has 8 heteroatoms. The van der Waals surface area contributed by atoms with Crippen LogP contribution < -0.4 is 5.32 Å². The van der Waals surface area contributed by atoms with E-state index in [0.29, 0.717) is 12.8 Å². The molecule has 0 radical (unpaired) electrons. The molecule has 2 atom stereocenters. The van der Waals surface area contributed by atoms with Gasteiger partial charge >= 0.3 is 5.97 Å². The molecule has 2 rings (SSSR count). The number of halogens is 1. The molecular weight excluding hydrogens is 300 g/mol. The fourth-order valence-corrected chi connectivity index (χ4v) is 2.61. The second-order valence-electron chi connectivity index (χ2n) is 4.95. The first-order valence-electron chi connectivity index (χ1n) is 6.36. The molecule has 21 heavy (non-hydrogen) atoms. The van der Waals surface area contributed by atoms with Gasteiger partial charge in [-0.1, -0.05) is 11.6 Å². The summed E-state index contributed by atoms with van der Waals surface area (Å²) < 4.78 is 0. The van der Waals surface area contributed by atoms with Crippen molar-refractivity contribution in [2.24, 2.45) is 11.8 Å². The zero-order valence-electron chi connectivity index (χ0n) is 10.9. The van der Waals surface area contributed by atoms with Crippen LogP contribution in [0.3, 0.4) is 0 Å².